The molecular formula is C49H55N11O4. The number of H-pyrrole nitrogens is 1. The summed E-state index contributed by atoms with van der Waals surface area (Å²) >= 11 is 0. The summed E-state index contributed by atoms with van der Waals surface area (Å²) in [5.41, 5.74) is 10.0. The van der Waals surface area contributed by atoms with E-state index in [1.807, 2.05) is 58.9 Å². The van der Waals surface area contributed by atoms with E-state index < -0.39 is 5.91 Å². The molecule has 64 heavy (non-hydrogen) atoms. The monoisotopic (exact) mass is 861 g/mol. The maximum atomic E-state index is 12.9. The van der Waals surface area contributed by atoms with Gasteiger partial charge in [-0.1, -0.05) is 50.2 Å². The quantitative estimate of drug-likeness (QED) is 0.127. The van der Waals surface area contributed by atoms with Crippen LogP contribution in [0.3, 0.4) is 0 Å². The van der Waals surface area contributed by atoms with Gasteiger partial charge in [0.05, 0.1) is 11.7 Å². The summed E-state index contributed by atoms with van der Waals surface area (Å²) < 4.78 is 5.25. The lowest BCUT2D eigenvalue weighted by Crippen LogP contribution is -2.72. The van der Waals surface area contributed by atoms with Crippen LogP contribution in [0.2, 0.25) is 0 Å². The maximum absolute atomic E-state index is 12.9. The van der Waals surface area contributed by atoms with Crippen LogP contribution < -0.4 is 25.3 Å². The number of anilines is 3. The summed E-state index contributed by atoms with van der Waals surface area (Å²) in [6.07, 6.45) is 4.29. The highest BCUT2D eigenvalue weighted by molar-refractivity contribution is 6.05. The molecule has 330 valence electrons. The minimum Gasteiger partial charge on any atom is -0.372 e. The SMILES string of the molecule is Cc1cc(-c2ncnc3[nH]c(-c4ccc(N5CC6(CN(CC7CCN(c8ccc(N9CCC(=O)NC9=O)cc8)CC7)C6)C5)cc4)cc23)ccc1C(C)NC(=O)c1nc(C(C)(C)C)no1. The van der Waals surface area contributed by atoms with Crippen molar-refractivity contribution in [2.75, 3.05) is 67.1 Å². The molecule has 3 N–H and O–H groups in total. The second-order valence-corrected chi connectivity index (χ2v) is 19.4. The summed E-state index contributed by atoms with van der Waals surface area (Å²) in [5.74, 6) is 0.540. The zero-order valence-corrected chi connectivity index (χ0v) is 37.1. The Labute approximate surface area is 372 Å². The molecule has 4 saturated heterocycles. The van der Waals surface area contributed by atoms with Crippen LogP contribution in [0.25, 0.3) is 33.5 Å². The Hall–Kier alpha value is -6.61. The highest BCUT2D eigenvalue weighted by Gasteiger charge is 2.51. The molecule has 0 aliphatic carbocycles. The van der Waals surface area contributed by atoms with Gasteiger partial charge in [0.2, 0.25) is 5.91 Å². The lowest BCUT2D eigenvalue weighted by atomic mass is 9.72. The van der Waals surface area contributed by atoms with Crippen LogP contribution in [-0.2, 0) is 10.2 Å². The Morgan fingerprint density at radius 3 is 2.25 bits per heavy atom. The Balaban J connectivity index is 0.702. The molecule has 1 spiro atoms. The van der Waals surface area contributed by atoms with E-state index in [0.717, 1.165) is 76.5 Å². The maximum Gasteiger partial charge on any atom is 0.328 e. The molecule has 0 radical (unpaired) electrons. The molecule has 1 atom stereocenters. The molecule has 1 unspecified atom stereocenters. The number of piperidine rings is 1. The average molecular weight is 862 g/mol. The van der Waals surface area contributed by atoms with Crippen molar-refractivity contribution in [3.63, 3.8) is 0 Å². The fourth-order valence-electron chi connectivity index (χ4n) is 10.0. The molecule has 0 saturated carbocycles. The largest absolute Gasteiger partial charge is 0.372 e. The topological polar surface area (TPSA) is 169 Å². The minimum absolute atomic E-state index is 0.0437. The molecule has 15 nitrogen and oxygen atoms in total. The van der Waals surface area contributed by atoms with E-state index in [1.54, 1.807) is 11.2 Å². The van der Waals surface area contributed by atoms with Gasteiger partial charge in [0.1, 0.15) is 12.0 Å². The summed E-state index contributed by atoms with van der Waals surface area (Å²) in [4.78, 5) is 63.1. The number of nitrogens with one attached hydrogen (secondary N) is 3. The van der Waals surface area contributed by atoms with E-state index in [4.69, 9.17) is 9.51 Å². The molecule has 4 aliphatic rings. The molecule has 3 aromatic carbocycles. The molecule has 4 fully saturated rings. The Morgan fingerprint density at radius 1 is 0.875 bits per heavy atom. The molecule has 15 heteroatoms. The van der Waals surface area contributed by atoms with Gasteiger partial charge in [-0.2, -0.15) is 4.98 Å². The number of hydrogen-bond acceptors (Lipinski definition) is 11. The van der Waals surface area contributed by atoms with Crippen molar-refractivity contribution in [1.29, 1.82) is 0 Å². The van der Waals surface area contributed by atoms with Crippen molar-refractivity contribution in [1.82, 2.24) is 40.6 Å². The van der Waals surface area contributed by atoms with Gasteiger partial charge in [0.15, 0.2) is 5.82 Å². The van der Waals surface area contributed by atoms with Gasteiger partial charge in [-0.3, -0.25) is 19.8 Å². The lowest BCUT2D eigenvalue weighted by Gasteiger charge is -2.61. The van der Waals surface area contributed by atoms with Gasteiger partial charge in [0, 0.05) is 103 Å². The van der Waals surface area contributed by atoms with Crippen LogP contribution in [0.1, 0.15) is 80.6 Å². The summed E-state index contributed by atoms with van der Waals surface area (Å²) in [5, 5.41) is 10.3. The van der Waals surface area contributed by atoms with Crippen LogP contribution in [0.15, 0.2) is 83.6 Å². The van der Waals surface area contributed by atoms with Gasteiger partial charge in [-0.05, 0) is 97.8 Å². The van der Waals surface area contributed by atoms with Crippen molar-refractivity contribution in [2.24, 2.45) is 11.3 Å². The van der Waals surface area contributed by atoms with Crippen LogP contribution in [-0.4, -0.2) is 100 Å². The lowest BCUT2D eigenvalue weighted by molar-refractivity contribution is -0.120. The van der Waals surface area contributed by atoms with Gasteiger partial charge in [-0.15, -0.1) is 0 Å². The zero-order chi connectivity index (χ0) is 44.3. The standard InChI is InChI=1S/C49H55N11O4/c1-30-22-34(8-15-38(30)31(2)52-44(62)45-55-46(56-64-45)48(3,4)5)42-39-23-40(53-43(39)51-29-50-42)33-6-9-36(10-7-33)59-27-49(28-59)25-57(26-49)24-32-16-19-58(20-17-32)35-11-13-37(14-12-35)60-21-18-41(61)54-47(60)63/h6-15,22-23,29,31-32H,16-21,24-28H2,1-5H3,(H,52,62)(H,50,51,53)(H,54,61,63). The van der Waals surface area contributed by atoms with Crippen LogP contribution in [0.4, 0.5) is 21.9 Å². The van der Waals surface area contributed by atoms with Crippen molar-refractivity contribution < 1.29 is 18.9 Å². The summed E-state index contributed by atoms with van der Waals surface area (Å²) in [6, 6.07) is 24.7. The Morgan fingerprint density at radius 2 is 1.56 bits per heavy atom. The molecular weight excluding hydrogens is 807 g/mol. The number of carbonyl (C=O) groups excluding carboxylic acids is 3. The van der Waals surface area contributed by atoms with Gasteiger partial charge >= 0.3 is 17.8 Å². The van der Waals surface area contributed by atoms with Crippen molar-refractivity contribution in [2.45, 2.75) is 65.3 Å². The van der Waals surface area contributed by atoms with E-state index in [1.165, 1.54) is 43.9 Å². The number of urea groups is 1. The number of hydrogen-bond donors (Lipinski definition) is 3. The van der Waals surface area contributed by atoms with Crippen molar-refractivity contribution in [3.8, 4) is 22.5 Å². The van der Waals surface area contributed by atoms with E-state index in [-0.39, 0.29) is 29.3 Å². The third-order valence-electron chi connectivity index (χ3n) is 13.5. The number of likely N-dealkylation sites (tertiary alicyclic amines) is 1. The zero-order valence-electron chi connectivity index (χ0n) is 37.1. The van der Waals surface area contributed by atoms with Crippen LogP contribution >= 0.6 is 0 Å². The summed E-state index contributed by atoms with van der Waals surface area (Å²) in [6.45, 7) is 18.1. The number of rotatable bonds is 10. The van der Waals surface area contributed by atoms with E-state index in [0.29, 0.717) is 30.1 Å². The van der Waals surface area contributed by atoms with Crippen molar-refractivity contribution >= 4 is 45.9 Å². The highest BCUT2D eigenvalue weighted by atomic mass is 16.5. The highest BCUT2D eigenvalue weighted by Crippen LogP contribution is 2.43. The van der Waals surface area contributed by atoms with E-state index >= 15 is 0 Å². The van der Waals surface area contributed by atoms with E-state index in [9.17, 15) is 14.4 Å². The fraction of sp³-hybridized carbons (Fsp3) is 0.408. The average Bonchev–Trinajstić information content (AvgIpc) is 3.94. The van der Waals surface area contributed by atoms with Crippen LogP contribution in [0, 0.1) is 18.3 Å². The number of benzene rings is 3. The predicted molar refractivity (Wildman–Crippen MR) is 246 cm³/mol. The third-order valence-corrected chi connectivity index (χ3v) is 13.5. The minimum atomic E-state index is -0.404. The molecule has 7 heterocycles. The molecule has 3 aromatic heterocycles. The fourth-order valence-corrected chi connectivity index (χ4v) is 10.0. The molecule has 4 aliphatic heterocycles. The number of aryl methyl sites for hydroxylation is 1. The molecule has 0 bridgehead atoms. The first kappa shape index (κ1) is 41.4. The summed E-state index contributed by atoms with van der Waals surface area (Å²) in [7, 11) is 0. The number of imide groups is 1. The predicted octanol–water partition coefficient (Wildman–Crippen LogP) is 7.26. The Bertz CT molecular complexity index is 2720. The second-order valence-electron chi connectivity index (χ2n) is 19.4. The number of fused-ring (bicyclic) bond motifs is 1. The number of aromatic nitrogens is 5. The molecule has 4 amide bonds. The number of carbonyl (C=O) groups is 3. The normalized spacial score (nSPS) is 18.5. The van der Waals surface area contributed by atoms with Gasteiger partial charge in [-0.25, -0.2) is 14.8 Å². The van der Waals surface area contributed by atoms with Crippen molar-refractivity contribution in [3.05, 3.63) is 102 Å². The van der Waals surface area contributed by atoms with Gasteiger partial charge < -0.3 is 29.5 Å². The first-order chi connectivity index (χ1) is 30.8. The molecule has 6 aromatic rings. The smallest absolute Gasteiger partial charge is 0.328 e. The third kappa shape index (κ3) is 8.08. The Kier molecular flexibility index (Phi) is 10.5. The van der Waals surface area contributed by atoms with Gasteiger partial charge in [0.25, 0.3) is 0 Å². The first-order valence-electron chi connectivity index (χ1n) is 22.4. The van der Waals surface area contributed by atoms with Crippen LogP contribution in [0.5, 0.6) is 0 Å². The second kappa shape index (κ2) is 16.2. The van der Waals surface area contributed by atoms with E-state index in [2.05, 4.69) is 94.0 Å². The number of amides is 4. The number of aromatic amines is 1. The first-order valence-corrected chi connectivity index (χ1v) is 22.4. The molecule has 10 rings (SSSR count). The number of nitrogens with zero attached hydrogens (tertiary/aromatic N) is 8.